The van der Waals surface area contributed by atoms with Crippen LogP contribution in [0.4, 0.5) is 5.69 Å². The Kier molecular flexibility index (Phi) is 7.18. The number of furan rings is 1. The van der Waals surface area contributed by atoms with E-state index in [1.165, 1.54) is 24.6 Å². The first-order chi connectivity index (χ1) is 18.5. The molecule has 0 fully saturated rings. The summed E-state index contributed by atoms with van der Waals surface area (Å²) in [5.41, 5.74) is 3.83. The number of rotatable bonds is 7. The summed E-state index contributed by atoms with van der Waals surface area (Å²) < 4.78 is 21.9. The molecule has 190 valence electrons. The number of hydrogen-bond acceptors (Lipinski definition) is 8. The first kappa shape index (κ1) is 24.8. The fraction of sp³-hybridized carbons (Fsp3) is 0.0370. The smallest absolute Gasteiger partial charge is 0.343 e. The van der Waals surface area contributed by atoms with Crippen LogP contribution in [0.5, 0.6) is 17.2 Å². The summed E-state index contributed by atoms with van der Waals surface area (Å²) in [6.45, 7) is 0.0940. The van der Waals surface area contributed by atoms with Crippen LogP contribution < -0.4 is 25.0 Å². The van der Waals surface area contributed by atoms with Gasteiger partial charge in [0.2, 0.25) is 6.79 Å². The number of amides is 2. The number of hydrogen-bond donors (Lipinski definition) is 2. The minimum Gasteiger partial charge on any atom is -0.459 e. The van der Waals surface area contributed by atoms with Gasteiger partial charge in [0.15, 0.2) is 17.3 Å². The van der Waals surface area contributed by atoms with Crippen molar-refractivity contribution in [3.05, 3.63) is 106 Å². The molecule has 0 aliphatic carbocycles. The molecule has 1 aliphatic rings. The molecule has 0 bridgehead atoms. The van der Waals surface area contributed by atoms with Gasteiger partial charge >= 0.3 is 5.97 Å². The SMILES string of the molecule is O=C(NN=Cc1cc(Br)ccc1OC(=O)c1ccc2c(c1)OCO2)c1cccc(NC(=O)c2ccco2)c1. The van der Waals surface area contributed by atoms with Crippen LogP contribution in [0.3, 0.4) is 0 Å². The van der Waals surface area contributed by atoms with E-state index < -0.39 is 17.8 Å². The van der Waals surface area contributed by atoms with E-state index in [0.717, 1.165) is 0 Å². The number of benzene rings is 3. The van der Waals surface area contributed by atoms with Gasteiger partial charge < -0.3 is 23.9 Å². The summed E-state index contributed by atoms with van der Waals surface area (Å²) >= 11 is 3.38. The number of carbonyl (C=O) groups is 3. The van der Waals surface area contributed by atoms with Gasteiger partial charge in [0, 0.05) is 21.3 Å². The standard InChI is InChI=1S/C27H18BrN3O7/c28-19-7-9-21(38-27(34)17-6-8-22-24(13-17)37-15-36-22)18(11-19)14-29-31-25(32)16-3-1-4-20(12-16)30-26(33)23-5-2-10-35-23/h1-14H,15H2,(H,30,33)(H,31,32). The van der Waals surface area contributed by atoms with Gasteiger partial charge in [-0.15, -0.1) is 0 Å². The largest absolute Gasteiger partial charge is 0.459 e. The third-order valence-corrected chi connectivity index (χ3v) is 5.77. The normalized spacial score (nSPS) is 11.8. The molecular formula is C27H18BrN3O7. The number of hydrazone groups is 1. The van der Waals surface area contributed by atoms with E-state index >= 15 is 0 Å². The monoisotopic (exact) mass is 575 g/mol. The fourth-order valence-electron chi connectivity index (χ4n) is 3.46. The van der Waals surface area contributed by atoms with E-state index in [-0.39, 0.29) is 29.4 Å². The number of halogens is 1. The Morgan fingerprint density at radius 1 is 0.895 bits per heavy atom. The molecule has 3 aromatic carbocycles. The molecule has 1 aliphatic heterocycles. The molecule has 0 unspecified atom stereocenters. The number of anilines is 1. The summed E-state index contributed by atoms with van der Waals surface area (Å²) in [5.74, 6) is -0.154. The molecule has 1 aromatic heterocycles. The van der Waals surface area contributed by atoms with Crippen molar-refractivity contribution in [3.8, 4) is 17.2 Å². The second-order valence-corrected chi connectivity index (χ2v) is 8.77. The molecule has 4 aromatic rings. The minimum atomic E-state index is -0.599. The Morgan fingerprint density at radius 2 is 1.76 bits per heavy atom. The van der Waals surface area contributed by atoms with Crippen molar-refractivity contribution in [1.29, 1.82) is 0 Å². The lowest BCUT2D eigenvalue weighted by Gasteiger charge is -2.09. The predicted molar refractivity (Wildman–Crippen MR) is 140 cm³/mol. The first-order valence-electron chi connectivity index (χ1n) is 11.2. The Morgan fingerprint density at radius 3 is 2.61 bits per heavy atom. The maximum atomic E-state index is 12.7. The summed E-state index contributed by atoms with van der Waals surface area (Å²) in [6.07, 6.45) is 2.75. The fourth-order valence-corrected chi connectivity index (χ4v) is 3.84. The van der Waals surface area contributed by atoms with E-state index in [2.05, 4.69) is 31.8 Å². The van der Waals surface area contributed by atoms with E-state index in [0.29, 0.717) is 27.2 Å². The molecule has 2 N–H and O–H groups in total. The summed E-state index contributed by atoms with van der Waals surface area (Å²) in [4.78, 5) is 37.5. The lowest BCUT2D eigenvalue weighted by atomic mass is 10.2. The number of ether oxygens (including phenoxy) is 3. The second-order valence-electron chi connectivity index (χ2n) is 7.85. The summed E-state index contributed by atoms with van der Waals surface area (Å²) in [6, 6.07) is 19.2. The Balaban J connectivity index is 1.25. The van der Waals surface area contributed by atoms with E-state index in [9.17, 15) is 14.4 Å². The molecule has 0 saturated heterocycles. The Hall–Kier alpha value is -4.90. The molecule has 11 heteroatoms. The molecule has 2 heterocycles. The van der Waals surface area contributed by atoms with Gasteiger partial charge in [0.25, 0.3) is 11.8 Å². The quantitative estimate of drug-likeness (QED) is 0.137. The van der Waals surface area contributed by atoms with Gasteiger partial charge in [-0.25, -0.2) is 10.2 Å². The third-order valence-electron chi connectivity index (χ3n) is 5.28. The van der Waals surface area contributed by atoms with E-state index in [4.69, 9.17) is 18.6 Å². The van der Waals surface area contributed by atoms with Crippen LogP contribution in [0.1, 0.15) is 36.8 Å². The highest BCUT2D eigenvalue weighted by Crippen LogP contribution is 2.33. The molecule has 0 saturated carbocycles. The third kappa shape index (κ3) is 5.73. The van der Waals surface area contributed by atoms with Crippen molar-refractivity contribution in [3.63, 3.8) is 0 Å². The van der Waals surface area contributed by atoms with Gasteiger partial charge in [0.1, 0.15) is 5.75 Å². The molecule has 38 heavy (non-hydrogen) atoms. The van der Waals surface area contributed by atoms with Crippen LogP contribution in [-0.4, -0.2) is 30.8 Å². The second kappa shape index (κ2) is 11.0. The van der Waals surface area contributed by atoms with Gasteiger partial charge in [-0.05, 0) is 66.7 Å². The highest BCUT2D eigenvalue weighted by molar-refractivity contribution is 9.10. The van der Waals surface area contributed by atoms with Gasteiger partial charge in [0.05, 0.1) is 18.0 Å². The van der Waals surface area contributed by atoms with Crippen molar-refractivity contribution in [2.45, 2.75) is 0 Å². The topological polar surface area (TPSA) is 128 Å². The lowest BCUT2D eigenvalue weighted by molar-refractivity contribution is 0.0733. The summed E-state index contributed by atoms with van der Waals surface area (Å²) in [7, 11) is 0. The van der Waals surface area contributed by atoms with Gasteiger partial charge in [-0.2, -0.15) is 5.10 Å². The van der Waals surface area contributed by atoms with Crippen LogP contribution >= 0.6 is 15.9 Å². The van der Waals surface area contributed by atoms with Crippen molar-refractivity contribution in [2.24, 2.45) is 5.10 Å². The maximum absolute atomic E-state index is 12.7. The zero-order chi connectivity index (χ0) is 26.5. The minimum absolute atomic E-state index is 0.0940. The average Bonchev–Trinajstić information content (AvgIpc) is 3.62. The van der Waals surface area contributed by atoms with Crippen LogP contribution in [0.2, 0.25) is 0 Å². The number of carbonyl (C=O) groups excluding carboxylic acids is 3. The lowest BCUT2D eigenvalue weighted by Crippen LogP contribution is -2.18. The van der Waals surface area contributed by atoms with Crippen LogP contribution in [0.15, 0.2) is 93.1 Å². The first-order valence-corrected chi connectivity index (χ1v) is 12.0. The molecule has 0 atom stereocenters. The van der Waals surface area contributed by atoms with Crippen molar-refractivity contribution in [2.75, 3.05) is 12.1 Å². The highest BCUT2D eigenvalue weighted by atomic mass is 79.9. The molecule has 0 radical (unpaired) electrons. The number of nitrogens with one attached hydrogen (secondary N) is 2. The Bertz CT molecular complexity index is 1550. The molecule has 2 amide bonds. The van der Waals surface area contributed by atoms with E-state index in [1.807, 2.05) is 0 Å². The highest BCUT2D eigenvalue weighted by Gasteiger charge is 2.18. The van der Waals surface area contributed by atoms with Crippen molar-refractivity contribution < 1.29 is 33.0 Å². The maximum Gasteiger partial charge on any atom is 0.343 e. The van der Waals surface area contributed by atoms with Crippen molar-refractivity contribution in [1.82, 2.24) is 5.43 Å². The zero-order valence-electron chi connectivity index (χ0n) is 19.5. The predicted octanol–water partition coefficient (Wildman–Crippen LogP) is 5.01. The number of esters is 1. The summed E-state index contributed by atoms with van der Waals surface area (Å²) in [5, 5.41) is 6.66. The molecule has 10 nitrogen and oxygen atoms in total. The number of nitrogens with zero attached hydrogens (tertiary/aromatic N) is 1. The van der Waals surface area contributed by atoms with Gasteiger partial charge in [-0.1, -0.05) is 22.0 Å². The van der Waals surface area contributed by atoms with Crippen LogP contribution in [0, 0.1) is 0 Å². The molecule has 0 spiro atoms. The van der Waals surface area contributed by atoms with E-state index in [1.54, 1.807) is 60.7 Å². The van der Waals surface area contributed by atoms with Crippen molar-refractivity contribution >= 4 is 45.6 Å². The number of fused-ring (bicyclic) bond motifs is 1. The Labute approximate surface area is 224 Å². The molecule has 5 rings (SSSR count). The van der Waals surface area contributed by atoms with Gasteiger partial charge in [-0.3, -0.25) is 9.59 Å². The van der Waals surface area contributed by atoms with Crippen LogP contribution in [0.25, 0.3) is 0 Å². The average molecular weight is 576 g/mol. The zero-order valence-corrected chi connectivity index (χ0v) is 21.1. The van der Waals surface area contributed by atoms with Crippen LogP contribution in [-0.2, 0) is 0 Å². The molecular weight excluding hydrogens is 558 g/mol.